The van der Waals surface area contributed by atoms with Crippen LogP contribution in [0.5, 0.6) is 0 Å². The number of hydrogen-bond acceptors (Lipinski definition) is 2. The van der Waals surface area contributed by atoms with Crippen molar-refractivity contribution in [3.05, 3.63) is 36.2 Å². The maximum Gasteiger partial charge on any atom is 0.272 e. The Morgan fingerprint density at radius 2 is 2.00 bits per heavy atom. The molecule has 14 heavy (non-hydrogen) atoms. The van der Waals surface area contributed by atoms with Gasteiger partial charge in [-0.3, -0.25) is 9.78 Å². The second kappa shape index (κ2) is 4.76. The van der Waals surface area contributed by atoms with Gasteiger partial charge < -0.3 is 11.5 Å². The van der Waals surface area contributed by atoms with E-state index in [9.17, 15) is 4.79 Å². The number of aliphatic imine (C=N–C) groups is 1. The first-order chi connectivity index (χ1) is 6.68. The summed E-state index contributed by atoms with van der Waals surface area (Å²) < 4.78 is 0. The summed E-state index contributed by atoms with van der Waals surface area (Å²) in [5.41, 5.74) is 10.9. The average molecular weight is 190 g/mol. The third-order valence-electron chi connectivity index (χ3n) is 1.36. The van der Waals surface area contributed by atoms with Crippen LogP contribution in [0.15, 0.2) is 35.6 Å². The maximum absolute atomic E-state index is 11.0. The van der Waals surface area contributed by atoms with Crippen LogP contribution in [0.1, 0.15) is 5.56 Å². The fraction of sp³-hybridized carbons (Fsp3) is 0. The van der Waals surface area contributed by atoms with Gasteiger partial charge in [-0.05, 0) is 23.8 Å². The van der Waals surface area contributed by atoms with Crippen LogP contribution in [-0.4, -0.2) is 16.9 Å². The Labute approximate surface area is 81.2 Å². The minimum atomic E-state index is -0.484. The van der Waals surface area contributed by atoms with Crippen molar-refractivity contribution in [2.24, 2.45) is 16.5 Å². The molecule has 0 aliphatic rings. The van der Waals surface area contributed by atoms with Gasteiger partial charge in [0.05, 0.1) is 0 Å². The number of hydrogen-bond donors (Lipinski definition) is 2. The highest BCUT2D eigenvalue weighted by Crippen LogP contribution is 1.98. The van der Waals surface area contributed by atoms with Gasteiger partial charge in [-0.25, -0.2) is 0 Å². The Bertz CT molecular complexity index is 366. The molecule has 0 saturated heterocycles. The summed E-state index contributed by atoms with van der Waals surface area (Å²) in [6, 6.07) is 3.53. The highest BCUT2D eigenvalue weighted by atomic mass is 16.1. The molecule has 1 aromatic heterocycles. The zero-order valence-corrected chi connectivity index (χ0v) is 7.42. The number of pyridine rings is 1. The number of nitrogens with zero attached hydrogens (tertiary/aromatic N) is 2. The van der Waals surface area contributed by atoms with Crippen LogP contribution in [0, 0.1) is 0 Å². The van der Waals surface area contributed by atoms with E-state index >= 15 is 0 Å². The van der Waals surface area contributed by atoms with Gasteiger partial charge in [0.1, 0.15) is 0 Å². The number of nitrogens with two attached hydrogens (primary N) is 2. The number of carbonyl (C=O) groups excluding carboxylic acids is 1. The minimum Gasteiger partial charge on any atom is -0.370 e. The molecule has 0 atom stereocenters. The summed E-state index contributed by atoms with van der Waals surface area (Å²) in [5.74, 6) is -0.726. The molecule has 0 saturated carbocycles. The summed E-state index contributed by atoms with van der Waals surface area (Å²) in [4.78, 5) is 18.1. The maximum atomic E-state index is 11.0. The molecule has 5 heteroatoms. The lowest BCUT2D eigenvalue weighted by Gasteiger charge is -1.89. The predicted octanol–water partition coefficient (Wildman–Crippen LogP) is -0.105. The molecule has 0 aromatic carbocycles. The standard InChI is InChI=1S/C9H10N4O/c10-9(11)13-8(14)2-1-7-3-5-12-6-4-7/h1-6H,(H4,10,11,13,14)/b2-1+. The Hall–Kier alpha value is -2.17. The molecule has 0 fully saturated rings. The molecular weight excluding hydrogens is 180 g/mol. The SMILES string of the molecule is NC(N)=NC(=O)/C=C/c1ccncc1. The van der Waals surface area contributed by atoms with E-state index in [1.165, 1.54) is 6.08 Å². The number of guanidine groups is 1. The lowest BCUT2D eigenvalue weighted by atomic mass is 10.2. The molecular formula is C9H10N4O. The van der Waals surface area contributed by atoms with E-state index in [0.29, 0.717) is 0 Å². The summed E-state index contributed by atoms with van der Waals surface area (Å²) in [6.07, 6.45) is 6.15. The minimum absolute atomic E-state index is 0.241. The highest BCUT2D eigenvalue weighted by Gasteiger charge is 1.91. The molecule has 5 nitrogen and oxygen atoms in total. The van der Waals surface area contributed by atoms with E-state index in [-0.39, 0.29) is 5.96 Å². The molecule has 1 heterocycles. The molecule has 0 aliphatic carbocycles. The summed E-state index contributed by atoms with van der Waals surface area (Å²) in [5, 5.41) is 0. The molecule has 0 aliphatic heterocycles. The lowest BCUT2D eigenvalue weighted by molar-refractivity contribution is -0.113. The largest absolute Gasteiger partial charge is 0.370 e. The van der Waals surface area contributed by atoms with Crippen molar-refractivity contribution in [2.45, 2.75) is 0 Å². The summed E-state index contributed by atoms with van der Waals surface area (Å²) >= 11 is 0. The average Bonchev–Trinajstić information content (AvgIpc) is 2.15. The molecule has 4 N–H and O–H groups in total. The molecule has 1 rings (SSSR count). The zero-order valence-electron chi connectivity index (χ0n) is 7.42. The van der Waals surface area contributed by atoms with Gasteiger partial charge in [0, 0.05) is 18.5 Å². The monoisotopic (exact) mass is 190 g/mol. The smallest absolute Gasteiger partial charge is 0.272 e. The van der Waals surface area contributed by atoms with Crippen molar-refractivity contribution in [1.82, 2.24) is 4.98 Å². The predicted molar refractivity (Wildman–Crippen MR) is 54.1 cm³/mol. The van der Waals surface area contributed by atoms with Crippen molar-refractivity contribution >= 4 is 17.9 Å². The summed E-state index contributed by atoms with van der Waals surface area (Å²) in [7, 11) is 0. The molecule has 0 radical (unpaired) electrons. The molecule has 1 aromatic rings. The second-order valence-electron chi connectivity index (χ2n) is 2.49. The van der Waals surface area contributed by atoms with Gasteiger partial charge in [-0.15, -0.1) is 0 Å². The van der Waals surface area contributed by atoms with Gasteiger partial charge in [-0.2, -0.15) is 4.99 Å². The van der Waals surface area contributed by atoms with E-state index in [0.717, 1.165) is 5.56 Å². The van der Waals surface area contributed by atoms with E-state index in [1.807, 2.05) is 0 Å². The topological polar surface area (TPSA) is 94.4 Å². The van der Waals surface area contributed by atoms with Gasteiger partial charge >= 0.3 is 0 Å². The lowest BCUT2D eigenvalue weighted by Crippen LogP contribution is -2.23. The van der Waals surface area contributed by atoms with Crippen LogP contribution in [0.25, 0.3) is 6.08 Å². The third-order valence-corrected chi connectivity index (χ3v) is 1.36. The first-order valence-electron chi connectivity index (χ1n) is 3.90. The fourth-order valence-electron chi connectivity index (χ4n) is 0.807. The van der Waals surface area contributed by atoms with Gasteiger partial charge in [0.2, 0.25) is 0 Å². The molecule has 1 amide bonds. The quantitative estimate of drug-likeness (QED) is 0.386. The van der Waals surface area contributed by atoms with Crippen molar-refractivity contribution in [3.63, 3.8) is 0 Å². The van der Waals surface area contributed by atoms with Gasteiger partial charge in [0.25, 0.3) is 5.91 Å². The van der Waals surface area contributed by atoms with E-state index < -0.39 is 5.91 Å². The molecule has 0 spiro atoms. The second-order valence-corrected chi connectivity index (χ2v) is 2.49. The number of carbonyl (C=O) groups is 1. The highest BCUT2D eigenvalue weighted by molar-refractivity contribution is 5.99. The number of amides is 1. The first-order valence-corrected chi connectivity index (χ1v) is 3.90. The van der Waals surface area contributed by atoms with Crippen molar-refractivity contribution in [1.29, 1.82) is 0 Å². The van der Waals surface area contributed by atoms with Crippen LogP contribution in [-0.2, 0) is 4.79 Å². The number of rotatable bonds is 2. The third kappa shape index (κ3) is 3.48. The molecule has 72 valence electrons. The van der Waals surface area contributed by atoms with E-state index in [1.54, 1.807) is 30.6 Å². The van der Waals surface area contributed by atoms with Gasteiger partial charge in [0.15, 0.2) is 5.96 Å². The molecule has 0 unspecified atom stereocenters. The van der Waals surface area contributed by atoms with Crippen LogP contribution < -0.4 is 11.5 Å². The van der Waals surface area contributed by atoms with E-state index in [4.69, 9.17) is 11.5 Å². The van der Waals surface area contributed by atoms with Crippen LogP contribution in [0.3, 0.4) is 0 Å². The fourth-order valence-corrected chi connectivity index (χ4v) is 0.807. The Balaban J connectivity index is 2.66. The molecule has 0 bridgehead atoms. The Morgan fingerprint density at radius 1 is 1.36 bits per heavy atom. The number of aromatic nitrogens is 1. The summed E-state index contributed by atoms with van der Waals surface area (Å²) in [6.45, 7) is 0. The zero-order chi connectivity index (χ0) is 10.4. The van der Waals surface area contributed by atoms with Crippen LogP contribution in [0.4, 0.5) is 0 Å². The normalized spacial score (nSPS) is 10.0. The van der Waals surface area contributed by atoms with Crippen LogP contribution in [0.2, 0.25) is 0 Å². The van der Waals surface area contributed by atoms with Crippen molar-refractivity contribution in [2.75, 3.05) is 0 Å². The van der Waals surface area contributed by atoms with Crippen molar-refractivity contribution < 1.29 is 4.79 Å². The Kier molecular flexibility index (Phi) is 3.37. The van der Waals surface area contributed by atoms with Crippen molar-refractivity contribution in [3.8, 4) is 0 Å². The first kappa shape index (κ1) is 9.91. The van der Waals surface area contributed by atoms with E-state index in [2.05, 4.69) is 9.98 Å². The van der Waals surface area contributed by atoms with Crippen LogP contribution >= 0.6 is 0 Å². The van der Waals surface area contributed by atoms with Gasteiger partial charge in [-0.1, -0.05) is 0 Å². The Morgan fingerprint density at radius 3 is 2.57 bits per heavy atom.